The standard InChI is InChI=1S/C19H16FN3O2S/c1-12(24)21-14-6-4-5-13(9-14)19-22-15(11-26-19)10-18(25)23-17-8-3-2-7-16(17)20/h2-9,11H,10H2,1H3,(H,21,24)(H,23,25). The van der Waals surface area contributed by atoms with E-state index in [9.17, 15) is 14.0 Å². The molecule has 2 aromatic carbocycles. The third kappa shape index (κ3) is 4.52. The van der Waals surface area contributed by atoms with Crippen LogP contribution in [0.2, 0.25) is 0 Å². The molecule has 1 aromatic heterocycles. The number of nitrogens with zero attached hydrogens (tertiary/aromatic N) is 1. The molecule has 0 aliphatic heterocycles. The molecule has 0 aliphatic rings. The van der Waals surface area contributed by atoms with E-state index in [2.05, 4.69) is 15.6 Å². The summed E-state index contributed by atoms with van der Waals surface area (Å²) in [6, 6.07) is 13.3. The summed E-state index contributed by atoms with van der Waals surface area (Å²) in [7, 11) is 0. The van der Waals surface area contributed by atoms with Gasteiger partial charge in [-0.25, -0.2) is 9.37 Å². The SMILES string of the molecule is CC(=O)Nc1cccc(-c2nc(CC(=O)Nc3ccccc3F)cs2)c1. The third-order valence-electron chi connectivity index (χ3n) is 3.47. The second-order valence-corrected chi connectivity index (χ2v) is 6.47. The van der Waals surface area contributed by atoms with Crippen LogP contribution in [0.4, 0.5) is 15.8 Å². The van der Waals surface area contributed by atoms with Gasteiger partial charge in [0.2, 0.25) is 11.8 Å². The lowest BCUT2D eigenvalue weighted by Crippen LogP contribution is -2.15. The van der Waals surface area contributed by atoms with Gasteiger partial charge in [-0.1, -0.05) is 24.3 Å². The highest BCUT2D eigenvalue weighted by Crippen LogP contribution is 2.26. The van der Waals surface area contributed by atoms with Crippen LogP contribution in [0.25, 0.3) is 10.6 Å². The predicted molar refractivity (Wildman–Crippen MR) is 101 cm³/mol. The Labute approximate surface area is 153 Å². The molecule has 2 amide bonds. The van der Waals surface area contributed by atoms with E-state index in [4.69, 9.17) is 0 Å². The number of aromatic nitrogens is 1. The van der Waals surface area contributed by atoms with Crippen LogP contribution >= 0.6 is 11.3 Å². The Kier molecular flexibility index (Phi) is 5.38. The van der Waals surface area contributed by atoms with Crippen molar-refractivity contribution in [3.05, 3.63) is 65.4 Å². The van der Waals surface area contributed by atoms with E-state index in [0.717, 1.165) is 10.6 Å². The number of benzene rings is 2. The van der Waals surface area contributed by atoms with Crippen molar-refractivity contribution >= 4 is 34.5 Å². The van der Waals surface area contributed by atoms with Crippen molar-refractivity contribution in [1.29, 1.82) is 0 Å². The number of amides is 2. The summed E-state index contributed by atoms with van der Waals surface area (Å²) in [5, 5.41) is 7.80. The quantitative estimate of drug-likeness (QED) is 0.712. The fourth-order valence-electron chi connectivity index (χ4n) is 2.38. The van der Waals surface area contributed by atoms with Crippen LogP contribution in [0.15, 0.2) is 53.9 Å². The van der Waals surface area contributed by atoms with Crippen molar-refractivity contribution < 1.29 is 14.0 Å². The summed E-state index contributed by atoms with van der Waals surface area (Å²) in [5.74, 6) is -0.958. The largest absolute Gasteiger partial charge is 0.326 e. The Balaban J connectivity index is 1.69. The summed E-state index contributed by atoms with van der Waals surface area (Å²) in [6.07, 6.45) is 0.0518. The zero-order chi connectivity index (χ0) is 18.5. The summed E-state index contributed by atoms with van der Waals surface area (Å²) >= 11 is 1.40. The second kappa shape index (κ2) is 7.88. The molecule has 26 heavy (non-hydrogen) atoms. The van der Waals surface area contributed by atoms with E-state index in [-0.39, 0.29) is 23.9 Å². The van der Waals surface area contributed by atoms with Crippen LogP contribution in [0, 0.1) is 5.82 Å². The number of hydrogen-bond acceptors (Lipinski definition) is 4. The molecule has 0 aliphatic carbocycles. The van der Waals surface area contributed by atoms with Crippen LogP contribution in [0.5, 0.6) is 0 Å². The molecule has 0 atom stereocenters. The number of nitrogens with one attached hydrogen (secondary N) is 2. The van der Waals surface area contributed by atoms with Crippen LogP contribution in [0.1, 0.15) is 12.6 Å². The molecule has 3 rings (SSSR count). The van der Waals surface area contributed by atoms with Gasteiger partial charge in [0.05, 0.1) is 17.8 Å². The molecule has 0 radical (unpaired) electrons. The maximum atomic E-state index is 13.6. The molecule has 1 heterocycles. The third-order valence-corrected chi connectivity index (χ3v) is 4.41. The first-order valence-electron chi connectivity index (χ1n) is 7.88. The molecule has 132 valence electrons. The molecule has 0 unspecified atom stereocenters. The van der Waals surface area contributed by atoms with Gasteiger partial charge in [0.1, 0.15) is 10.8 Å². The summed E-state index contributed by atoms with van der Waals surface area (Å²) in [4.78, 5) is 27.7. The first-order valence-corrected chi connectivity index (χ1v) is 8.76. The minimum Gasteiger partial charge on any atom is -0.326 e. The number of hydrogen-bond donors (Lipinski definition) is 2. The van der Waals surface area contributed by atoms with E-state index in [1.807, 2.05) is 18.2 Å². The van der Waals surface area contributed by atoms with Crippen LogP contribution < -0.4 is 10.6 Å². The highest BCUT2D eigenvalue weighted by Gasteiger charge is 2.11. The van der Waals surface area contributed by atoms with Crippen molar-refractivity contribution in [3.63, 3.8) is 0 Å². The Hall–Kier alpha value is -3.06. The van der Waals surface area contributed by atoms with Crippen LogP contribution in [0.3, 0.4) is 0 Å². The van der Waals surface area contributed by atoms with Gasteiger partial charge in [-0.3, -0.25) is 9.59 Å². The molecule has 3 aromatic rings. The van der Waals surface area contributed by atoms with Gasteiger partial charge in [0.25, 0.3) is 0 Å². The molecule has 0 fully saturated rings. The Bertz CT molecular complexity index is 955. The van der Waals surface area contributed by atoms with Crippen molar-refractivity contribution in [2.24, 2.45) is 0 Å². The van der Waals surface area contributed by atoms with Gasteiger partial charge in [0, 0.05) is 23.6 Å². The van der Waals surface area contributed by atoms with Gasteiger partial charge < -0.3 is 10.6 Å². The Morgan fingerprint density at radius 3 is 2.69 bits per heavy atom. The number of para-hydroxylation sites is 1. The van der Waals surface area contributed by atoms with E-state index >= 15 is 0 Å². The summed E-state index contributed by atoms with van der Waals surface area (Å²) < 4.78 is 13.6. The lowest BCUT2D eigenvalue weighted by atomic mass is 10.2. The minimum absolute atomic E-state index is 0.0518. The molecule has 2 N–H and O–H groups in total. The van der Waals surface area contributed by atoms with Crippen molar-refractivity contribution in [3.8, 4) is 10.6 Å². The molecule has 0 spiro atoms. The molecule has 5 nitrogen and oxygen atoms in total. The van der Waals surface area contributed by atoms with E-state index in [0.29, 0.717) is 11.4 Å². The van der Waals surface area contributed by atoms with E-state index < -0.39 is 5.82 Å². The molecule has 0 saturated heterocycles. The predicted octanol–water partition coefficient (Wildman–Crippen LogP) is 4.09. The lowest BCUT2D eigenvalue weighted by Gasteiger charge is -2.05. The van der Waals surface area contributed by atoms with E-state index in [1.165, 1.54) is 30.4 Å². The monoisotopic (exact) mass is 369 g/mol. The van der Waals surface area contributed by atoms with E-state index in [1.54, 1.807) is 23.6 Å². The number of anilines is 2. The summed E-state index contributed by atoms with van der Waals surface area (Å²) in [5.41, 5.74) is 2.28. The van der Waals surface area contributed by atoms with Crippen LogP contribution in [-0.4, -0.2) is 16.8 Å². The van der Waals surface area contributed by atoms with Gasteiger partial charge >= 0.3 is 0 Å². The van der Waals surface area contributed by atoms with Crippen molar-refractivity contribution in [1.82, 2.24) is 4.98 Å². The number of thiazole rings is 1. The molecular weight excluding hydrogens is 353 g/mol. The number of carbonyl (C=O) groups excluding carboxylic acids is 2. The average Bonchev–Trinajstić information content (AvgIpc) is 3.05. The van der Waals surface area contributed by atoms with Gasteiger partial charge in [0.15, 0.2) is 0 Å². The second-order valence-electron chi connectivity index (χ2n) is 5.61. The molecule has 0 saturated carbocycles. The lowest BCUT2D eigenvalue weighted by molar-refractivity contribution is -0.116. The minimum atomic E-state index is -0.477. The Morgan fingerprint density at radius 2 is 1.92 bits per heavy atom. The maximum absolute atomic E-state index is 13.6. The first kappa shape index (κ1) is 17.8. The van der Waals surface area contributed by atoms with Gasteiger partial charge in [-0.05, 0) is 24.3 Å². The normalized spacial score (nSPS) is 10.4. The number of carbonyl (C=O) groups is 2. The highest BCUT2D eigenvalue weighted by atomic mass is 32.1. The fourth-order valence-corrected chi connectivity index (χ4v) is 3.19. The molecule has 0 bridgehead atoms. The topological polar surface area (TPSA) is 71.1 Å². The van der Waals surface area contributed by atoms with Crippen molar-refractivity contribution in [2.75, 3.05) is 10.6 Å². The molecular formula is C19H16FN3O2S. The fraction of sp³-hybridized carbons (Fsp3) is 0.105. The number of rotatable bonds is 5. The summed E-state index contributed by atoms with van der Waals surface area (Å²) in [6.45, 7) is 1.45. The number of halogens is 1. The maximum Gasteiger partial charge on any atom is 0.230 e. The molecule has 7 heteroatoms. The Morgan fingerprint density at radius 1 is 1.12 bits per heavy atom. The van der Waals surface area contributed by atoms with Crippen molar-refractivity contribution in [2.45, 2.75) is 13.3 Å². The highest BCUT2D eigenvalue weighted by molar-refractivity contribution is 7.13. The zero-order valence-corrected chi connectivity index (χ0v) is 14.8. The first-order chi connectivity index (χ1) is 12.5. The van der Waals surface area contributed by atoms with Gasteiger partial charge in [-0.15, -0.1) is 11.3 Å². The smallest absolute Gasteiger partial charge is 0.230 e. The van der Waals surface area contributed by atoms with Gasteiger partial charge in [-0.2, -0.15) is 0 Å². The zero-order valence-electron chi connectivity index (χ0n) is 14.0. The average molecular weight is 369 g/mol. The van der Waals surface area contributed by atoms with Crippen LogP contribution in [-0.2, 0) is 16.0 Å².